The first-order valence-corrected chi connectivity index (χ1v) is 11.5. The molecule has 0 aliphatic carbocycles. The van der Waals surface area contributed by atoms with E-state index in [2.05, 4.69) is 6.92 Å². The molecular formula is C23H42O5. The monoisotopic (exact) mass is 398 g/mol. The van der Waals surface area contributed by atoms with E-state index in [9.17, 15) is 14.4 Å². The maximum absolute atomic E-state index is 11.7. The number of hydrogen-bond acceptors (Lipinski definition) is 4. The molecular weight excluding hydrogens is 356 g/mol. The van der Waals surface area contributed by atoms with E-state index in [4.69, 9.17) is 9.84 Å². The topological polar surface area (TPSA) is 80.7 Å². The molecule has 5 heteroatoms. The van der Waals surface area contributed by atoms with E-state index in [1.165, 1.54) is 51.4 Å². The highest BCUT2D eigenvalue weighted by Gasteiger charge is 2.09. The second-order valence-electron chi connectivity index (χ2n) is 7.79. The molecule has 0 aliphatic rings. The Morgan fingerprint density at radius 1 is 0.536 bits per heavy atom. The standard InChI is InChI=1S/C23H42O5/c1-2-3-4-5-6-7-8-9-10-13-16-19-22(26)28-23(27)20-17-14-11-12-15-18-21(24)25/h2-20H2,1H3,(H,24,25). The van der Waals surface area contributed by atoms with Crippen molar-refractivity contribution in [3.63, 3.8) is 0 Å². The van der Waals surface area contributed by atoms with Crippen LogP contribution in [0.25, 0.3) is 0 Å². The summed E-state index contributed by atoms with van der Waals surface area (Å²) in [5.41, 5.74) is 0. The zero-order chi connectivity index (χ0) is 20.9. The van der Waals surface area contributed by atoms with Crippen LogP contribution in [0.3, 0.4) is 0 Å². The molecule has 0 rings (SSSR count). The minimum absolute atomic E-state index is 0.204. The van der Waals surface area contributed by atoms with Gasteiger partial charge in [-0.1, -0.05) is 90.4 Å². The molecule has 0 spiro atoms. The second-order valence-corrected chi connectivity index (χ2v) is 7.79. The van der Waals surface area contributed by atoms with E-state index in [1.807, 2.05) is 0 Å². The third kappa shape index (κ3) is 20.9. The predicted molar refractivity (Wildman–Crippen MR) is 112 cm³/mol. The summed E-state index contributed by atoms with van der Waals surface area (Å²) in [7, 11) is 0. The van der Waals surface area contributed by atoms with Gasteiger partial charge in [0.25, 0.3) is 0 Å². The predicted octanol–water partition coefficient (Wildman–Crippen LogP) is 6.57. The zero-order valence-electron chi connectivity index (χ0n) is 18.0. The van der Waals surface area contributed by atoms with Gasteiger partial charge in [-0.25, -0.2) is 0 Å². The molecule has 0 heterocycles. The number of carbonyl (C=O) groups is 3. The van der Waals surface area contributed by atoms with Gasteiger partial charge < -0.3 is 9.84 Å². The number of unbranched alkanes of at least 4 members (excludes halogenated alkanes) is 14. The first-order valence-electron chi connectivity index (χ1n) is 11.5. The van der Waals surface area contributed by atoms with Gasteiger partial charge in [0.2, 0.25) is 0 Å². The summed E-state index contributed by atoms with van der Waals surface area (Å²) < 4.78 is 4.85. The molecule has 0 atom stereocenters. The molecule has 0 aromatic rings. The lowest BCUT2D eigenvalue weighted by atomic mass is 10.1. The quantitative estimate of drug-likeness (QED) is 0.142. The van der Waals surface area contributed by atoms with Gasteiger partial charge in [-0.2, -0.15) is 0 Å². The van der Waals surface area contributed by atoms with Crippen molar-refractivity contribution in [2.75, 3.05) is 0 Å². The Morgan fingerprint density at radius 2 is 0.857 bits per heavy atom. The largest absolute Gasteiger partial charge is 0.481 e. The van der Waals surface area contributed by atoms with Crippen molar-refractivity contribution in [1.29, 1.82) is 0 Å². The van der Waals surface area contributed by atoms with Crippen LogP contribution >= 0.6 is 0 Å². The van der Waals surface area contributed by atoms with E-state index in [1.54, 1.807) is 0 Å². The van der Waals surface area contributed by atoms with Crippen LogP contribution in [0.4, 0.5) is 0 Å². The summed E-state index contributed by atoms with van der Waals surface area (Å²) in [5.74, 6) is -1.60. The van der Waals surface area contributed by atoms with Crippen LogP contribution in [0.1, 0.15) is 129 Å². The van der Waals surface area contributed by atoms with Crippen LogP contribution in [0.2, 0.25) is 0 Å². The van der Waals surface area contributed by atoms with Gasteiger partial charge in [-0.05, 0) is 19.3 Å². The fraction of sp³-hybridized carbons (Fsp3) is 0.870. The fourth-order valence-electron chi connectivity index (χ4n) is 3.24. The number of carboxylic acid groups (broad SMARTS) is 1. The van der Waals surface area contributed by atoms with Crippen molar-refractivity contribution in [3.8, 4) is 0 Å². The highest BCUT2D eigenvalue weighted by molar-refractivity contribution is 5.85. The summed E-state index contributed by atoms with van der Waals surface area (Å²) in [6, 6.07) is 0. The molecule has 28 heavy (non-hydrogen) atoms. The maximum atomic E-state index is 11.7. The Hall–Kier alpha value is -1.39. The number of rotatable bonds is 20. The molecule has 0 amide bonds. The Balaban J connectivity index is 3.35. The molecule has 0 radical (unpaired) electrons. The van der Waals surface area contributed by atoms with E-state index in [0.29, 0.717) is 19.3 Å². The summed E-state index contributed by atoms with van der Waals surface area (Å²) in [6.07, 6.45) is 18.3. The Labute approximate surface area is 171 Å². The lowest BCUT2D eigenvalue weighted by Crippen LogP contribution is -2.11. The highest BCUT2D eigenvalue weighted by Crippen LogP contribution is 2.12. The Kier molecular flexibility index (Phi) is 19.3. The van der Waals surface area contributed by atoms with Crippen molar-refractivity contribution in [1.82, 2.24) is 0 Å². The summed E-state index contributed by atoms with van der Waals surface area (Å²) >= 11 is 0. The Bertz CT molecular complexity index is 406. The molecule has 0 fully saturated rings. The normalized spacial score (nSPS) is 10.8. The average molecular weight is 399 g/mol. The average Bonchev–Trinajstić information content (AvgIpc) is 2.65. The van der Waals surface area contributed by atoms with Gasteiger partial charge in [-0.3, -0.25) is 14.4 Å². The van der Waals surface area contributed by atoms with Crippen LogP contribution in [0, 0.1) is 0 Å². The highest BCUT2D eigenvalue weighted by atomic mass is 16.6. The van der Waals surface area contributed by atoms with Crippen molar-refractivity contribution in [3.05, 3.63) is 0 Å². The first-order chi connectivity index (χ1) is 13.6. The van der Waals surface area contributed by atoms with Crippen LogP contribution in [-0.4, -0.2) is 23.0 Å². The Morgan fingerprint density at radius 3 is 1.21 bits per heavy atom. The lowest BCUT2D eigenvalue weighted by molar-refractivity contribution is -0.159. The minimum Gasteiger partial charge on any atom is -0.481 e. The SMILES string of the molecule is CCCCCCCCCCCCCC(=O)OC(=O)CCCCCCCC(=O)O. The zero-order valence-corrected chi connectivity index (χ0v) is 18.0. The van der Waals surface area contributed by atoms with Crippen LogP contribution in [-0.2, 0) is 19.1 Å². The van der Waals surface area contributed by atoms with Gasteiger partial charge in [-0.15, -0.1) is 0 Å². The van der Waals surface area contributed by atoms with Crippen LogP contribution in [0.15, 0.2) is 0 Å². The molecule has 0 unspecified atom stereocenters. The van der Waals surface area contributed by atoms with Crippen molar-refractivity contribution in [2.45, 2.75) is 129 Å². The van der Waals surface area contributed by atoms with Crippen LogP contribution in [0.5, 0.6) is 0 Å². The molecule has 0 aromatic heterocycles. The maximum Gasteiger partial charge on any atom is 0.313 e. The van der Waals surface area contributed by atoms with E-state index in [0.717, 1.165) is 38.5 Å². The molecule has 0 aliphatic heterocycles. The number of hydrogen-bond donors (Lipinski definition) is 1. The third-order valence-electron chi connectivity index (χ3n) is 4.98. The molecule has 164 valence electrons. The van der Waals surface area contributed by atoms with E-state index in [-0.39, 0.29) is 12.8 Å². The van der Waals surface area contributed by atoms with Crippen LogP contribution < -0.4 is 0 Å². The molecule has 0 saturated heterocycles. The third-order valence-corrected chi connectivity index (χ3v) is 4.98. The molecule has 0 saturated carbocycles. The minimum atomic E-state index is -0.764. The van der Waals surface area contributed by atoms with Gasteiger partial charge >= 0.3 is 17.9 Å². The lowest BCUT2D eigenvalue weighted by Gasteiger charge is -2.04. The smallest absolute Gasteiger partial charge is 0.313 e. The summed E-state index contributed by atoms with van der Waals surface area (Å²) in [4.78, 5) is 33.6. The number of carbonyl (C=O) groups excluding carboxylic acids is 2. The van der Waals surface area contributed by atoms with E-state index < -0.39 is 17.9 Å². The fourth-order valence-corrected chi connectivity index (χ4v) is 3.24. The van der Waals surface area contributed by atoms with Gasteiger partial charge in [0.05, 0.1) is 0 Å². The van der Waals surface area contributed by atoms with Gasteiger partial charge in [0, 0.05) is 19.3 Å². The van der Waals surface area contributed by atoms with Crippen molar-refractivity contribution >= 4 is 17.9 Å². The molecule has 1 N–H and O–H groups in total. The number of carboxylic acids is 1. The van der Waals surface area contributed by atoms with Crippen molar-refractivity contribution < 1.29 is 24.2 Å². The van der Waals surface area contributed by atoms with E-state index >= 15 is 0 Å². The number of ether oxygens (including phenoxy) is 1. The molecule has 0 bridgehead atoms. The van der Waals surface area contributed by atoms with Gasteiger partial charge in [0.15, 0.2) is 0 Å². The number of aliphatic carboxylic acids is 1. The molecule has 0 aromatic carbocycles. The first kappa shape index (κ1) is 26.6. The van der Waals surface area contributed by atoms with Gasteiger partial charge in [0.1, 0.15) is 0 Å². The summed E-state index contributed by atoms with van der Waals surface area (Å²) in [6.45, 7) is 2.24. The summed E-state index contributed by atoms with van der Waals surface area (Å²) in [5, 5.41) is 8.54. The number of esters is 2. The van der Waals surface area contributed by atoms with Crippen molar-refractivity contribution in [2.24, 2.45) is 0 Å². The second kappa shape index (κ2) is 20.3. The molecule has 5 nitrogen and oxygen atoms in total.